The van der Waals surface area contributed by atoms with Gasteiger partial charge in [-0.1, -0.05) is 54.0 Å². The summed E-state index contributed by atoms with van der Waals surface area (Å²) in [5.41, 5.74) is 1.48. The minimum atomic E-state index is -0.393. The molecule has 3 heteroatoms. The van der Waals surface area contributed by atoms with Crippen LogP contribution in [0.1, 0.15) is 106 Å². The molecule has 9 atom stereocenters. The topological polar surface area (TPSA) is 57.5 Å². The Morgan fingerprint density at radius 2 is 1.33 bits per heavy atom. The standard InChI is InChI=1S/C30H48O3/c1-26(2)21-10-13-28(5)17-18-16-20(31)25-27(3,4)24(33)11-14-29(25,6)19(18)8-9-22(28)30(21,7)15-12-23(26)32/h16,19,21-25,32-33H,8-15,17H2,1-7H3/t19-,21-,22-,23+,24-,25-,28-,29+,30-/m0/s1. The first-order valence-electron chi connectivity index (χ1n) is 13.8. The molecule has 0 aromatic carbocycles. The number of aliphatic hydroxyl groups excluding tert-OH is 2. The summed E-state index contributed by atoms with van der Waals surface area (Å²) < 4.78 is 0. The van der Waals surface area contributed by atoms with Gasteiger partial charge in [-0.05, 0) is 103 Å². The van der Waals surface area contributed by atoms with Crippen molar-refractivity contribution in [1.29, 1.82) is 0 Å². The van der Waals surface area contributed by atoms with Gasteiger partial charge < -0.3 is 10.2 Å². The lowest BCUT2D eigenvalue weighted by atomic mass is 9.42. The molecule has 5 rings (SSSR count). The highest BCUT2D eigenvalue weighted by Gasteiger charge is 2.64. The van der Waals surface area contributed by atoms with Crippen LogP contribution in [0.4, 0.5) is 0 Å². The van der Waals surface area contributed by atoms with Gasteiger partial charge in [0.05, 0.1) is 12.2 Å². The number of aliphatic hydroxyl groups is 2. The summed E-state index contributed by atoms with van der Waals surface area (Å²) in [6, 6.07) is 0. The third-order valence-electron chi connectivity index (χ3n) is 12.6. The first-order valence-corrected chi connectivity index (χ1v) is 13.8. The van der Waals surface area contributed by atoms with Crippen LogP contribution in [0.2, 0.25) is 0 Å². The molecule has 0 unspecified atom stereocenters. The van der Waals surface area contributed by atoms with E-state index in [4.69, 9.17) is 0 Å². The average Bonchev–Trinajstić information content (AvgIpc) is 2.85. The second kappa shape index (κ2) is 7.19. The normalized spacial score (nSPS) is 53.0. The minimum absolute atomic E-state index is 0.0246. The van der Waals surface area contributed by atoms with Gasteiger partial charge in [0.25, 0.3) is 0 Å². The molecular formula is C30H48O3. The van der Waals surface area contributed by atoms with Crippen LogP contribution >= 0.6 is 0 Å². The van der Waals surface area contributed by atoms with E-state index in [1.54, 1.807) is 0 Å². The SMILES string of the molecule is CC1(C)[C@H](O)CC[C@@]2(C)[C@H]1CC[C@@]1(C)CC3=CC(=O)[C@H]4C(C)(C)[C@@H](O)CC[C@]4(C)[C@H]3CC[C@@H]12. The van der Waals surface area contributed by atoms with Gasteiger partial charge in [-0.2, -0.15) is 0 Å². The van der Waals surface area contributed by atoms with Crippen LogP contribution in [0.3, 0.4) is 0 Å². The van der Waals surface area contributed by atoms with Crippen molar-refractivity contribution in [2.75, 3.05) is 0 Å². The lowest BCUT2D eigenvalue weighted by molar-refractivity contribution is -0.170. The smallest absolute Gasteiger partial charge is 0.159 e. The van der Waals surface area contributed by atoms with E-state index in [0.29, 0.717) is 17.8 Å². The molecule has 2 N–H and O–H groups in total. The number of fused-ring (bicyclic) bond motifs is 6. The van der Waals surface area contributed by atoms with E-state index >= 15 is 0 Å². The Hall–Kier alpha value is -0.670. The Bertz CT molecular complexity index is 870. The summed E-state index contributed by atoms with van der Waals surface area (Å²) in [6.45, 7) is 16.3. The van der Waals surface area contributed by atoms with Crippen LogP contribution in [0, 0.1) is 50.7 Å². The van der Waals surface area contributed by atoms with E-state index in [0.717, 1.165) is 32.1 Å². The summed E-state index contributed by atoms with van der Waals surface area (Å²) in [5, 5.41) is 21.7. The van der Waals surface area contributed by atoms with Crippen LogP contribution in [0.15, 0.2) is 11.6 Å². The Labute approximate surface area is 201 Å². The van der Waals surface area contributed by atoms with Gasteiger partial charge in [-0.3, -0.25) is 4.79 Å². The molecule has 0 radical (unpaired) electrons. The molecule has 0 heterocycles. The zero-order valence-electron chi connectivity index (χ0n) is 22.2. The molecule has 3 nitrogen and oxygen atoms in total. The number of carbonyl (C=O) groups is 1. The van der Waals surface area contributed by atoms with Crippen LogP contribution in [0.25, 0.3) is 0 Å². The summed E-state index contributed by atoms with van der Waals surface area (Å²) in [4.78, 5) is 13.6. The largest absolute Gasteiger partial charge is 0.393 e. The molecule has 33 heavy (non-hydrogen) atoms. The van der Waals surface area contributed by atoms with Crippen molar-refractivity contribution in [2.45, 2.75) is 118 Å². The molecule has 0 aromatic rings. The van der Waals surface area contributed by atoms with Crippen LogP contribution in [-0.4, -0.2) is 28.2 Å². The van der Waals surface area contributed by atoms with Gasteiger partial charge in [0.2, 0.25) is 0 Å². The first-order chi connectivity index (χ1) is 15.2. The predicted octanol–water partition coefficient (Wildman–Crippen LogP) is 6.32. The summed E-state index contributed by atoms with van der Waals surface area (Å²) in [7, 11) is 0. The lowest BCUT2D eigenvalue weighted by Gasteiger charge is -2.63. The van der Waals surface area contributed by atoms with Crippen LogP contribution in [-0.2, 0) is 4.79 Å². The van der Waals surface area contributed by atoms with E-state index in [9.17, 15) is 15.0 Å². The second-order valence-corrected chi connectivity index (χ2v) is 14.9. The van der Waals surface area contributed by atoms with Gasteiger partial charge >= 0.3 is 0 Å². The number of allylic oxidation sites excluding steroid dienone is 2. The molecule has 186 valence electrons. The second-order valence-electron chi connectivity index (χ2n) is 14.9. The van der Waals surface area contributed by atoms with Gasteiger partial charge in [0.15, 0.2) is 5.78 Å². The van der Waals surface area contributed by atoms with Gasteiger partial charge in [0.1, 0.15) is 0 Å². The monoisotopic (exact) mass is 456 g/mol. The molecule has 5 aliphatic rings. The highest BCUT2D eigenvalue weighted by molar-refractivity contribution is 5.95. The van der Waals surface area contributed by atoms with Crippen LogP contribution < -0.4 is 0 Å². The van der Waals surface area contributed by atoms with E-state index < -0.39 is 6.10 Å². The van der Waals surface area contributed by atoms with E-state index in [2.05, 4.69) is 48.5 Å². The van der Waals surface area contributed by atoms with Gasteiger partial charge in [-0.15, -0.1) is 0 Å². The van der Waals surface area contributed by atoms with Crippen molar-refractivity contribution >= 4 is 5.78 Å². The van der Waals surface area contributed by atoms with Crippen molar-refractivity contribution in [3.63, 3.8) is 0 Å². The number of carbonyl (C=O) groups excluding carboxylic acids is 1. The minimum Gasteiger partial charge on any atom is -0.393 e. The van der Waals surface area contributed by atoms with Crippen molar-refractivity contribution < 1.29 is 15.0 Å². The number of hydrogen-bond acceptors (Lipinski definition) is 3. The highest BCUT2D eigenvalue weighted by Crippen LogP contribution is 2.70. The fourth-order valence-electron chi connectivity index (χ4n) is 10.9. The summed E-state index contributed by atoms with van der Waals surface area (Å²) in [5.74, 6) is 1.86. The lowest BCUT2D eigenvalue weighted by Crippen LogP contribution is -2.58. The summed E-state index contributed by atoms with van der Waals surface area (Å²) >= 11 is 0. The third-order valence-corrected chi connectivity index (χ3v) is 12.6. The van der Waals surface area contributed by atoms with E-state index in [-0.39, 0.29) is 44.9 Å². The molecule has 0 aromatic heterocycles. The average molecular weight is 457 g/mol. The molecule has 4 saturated carbocycles. The highest BCUT2D eigenvalue weighted by atomic mass is 16.3. The Balaban J connectivity index is 1.54. The van der Waals surface area contributed by atoms with E-state index in [1.807, 2.05) is 6.08 Å². The Kier molecular flexibility index (Phi) is 5.24. The zero-order chi connectivity index (χ0) is 24.2. The quantitative estimate of drug-likeness (QED) is 0.448. The molecular weight excluding hydrogens is 408 g/mol. The predicted molar refractivity (Wildman–Crippen MR) is 132 cm³/mol. The van der Waals surface area contributed by atoms with E-state index in [1.165, 1.54) is 31.3 Å². The molecule has 4 fully saturated rings. The van der Waals surface area contributed by atoms with Crippen molar-refractivity contribution in [2.24, 2.45) is 50.7 Å². The van der Waals surface area contributed by atoms with Crippen molar-refractivity contribution in [3.8, 4) is 0 Å². The van der Waals surface area contributed by atoms with Gasteiger partial charge in [-0.25, -0.2) is 0 Å². The Morgan fingerprint density at radius 1 is 0.727 bits per heavy atom. The van der Waals surface area contributed by atoms with Crippen LogP contribution in [0.5, 0.6) is 0 Å². The van der Waals surface area contributed by atoms with Crippen molar-refractivity contribution in [3.05, 3.63) is 11.6 Å². The number of rotatable bonds is 0. The molecule has 0 aliphatic heterocycles. The molecule has 0 saturated heterocycles. The third kappa shape index (κ3) is 3.09. The fourth-order valence-corrected chi connectivity index (χ4v) is 10.9. The maximum atomic E-state index is 13.6. The zero-order valence-corrected chi connectivity index (χ0v) is 22.2. The molecule has 0 spiro atoms. The van der Waals surface area contributed by atoms with Gasteiger partial charge in [0, 0.05) is 11.3 Å². The number of ketones is 1. The first kappa shape index (κ1) is 24.0. The maximum absolute atomic E-state index is 13.6. The van der Waals surface area contributed by atoms with Crippen molar-refractivity contribution in [1.82, 2.24) is 0 Å². The summed E-state index contributed by atoms with van der Waals surface area (Å²) in [6.07, 6.45) is 11.1. The Morgan fingerprint density at radius 3 is 2.00 bits per heavy atom. The fraction of sp³-hybridized carbons (Fsp3) is 0.900. The number of hydrogen-bond donors (Lipinski definition) is 2. The molecule has 5 aliphatic carbocycles. The molecule has 0 bridgehead atoms. The molecule has 0 amide bonds. The maximum Gasteiger partial charge on any atom is 0.159 e.